The van der Waals surface area contributed by atoms with Crippen LogP contribution in [0.25, 0.3) is 11.4 Å². The summed E-state index contributed by atoms with van der Waals surface area (Å²) in [4.78, 5) is 8.70. The van der Waals surface area contributed by atoms with Crippen molar-refractivity contribution in [2.24, 2.45) is 0 Å². The molecule has 0 aliphatic heterocycles. The number of pyridine rings is 2. The van der Waals surface area contributed by atoms with E-state index in [-0.39, 0.29) is 0 Å². The number of hydrogen-bond donors (Lipinski definition) is 0. The Morgan fingerprint density at radius 3 is 2.27 bits per heavy atom. The average molecular weight is 304 g/mol. The first-order chi connectivity index (χ1) is 10.9. The molecule has 0 saturated carbocycles. The van der Waals surface area contributed by atoms with E-state index in [1.165, 1.54) is 0 Å². The third-order valence-corrected chi connectivity index (χ3v) is 2.85. The van der Waals surface area contributed by atoms with E-state index >= 15 is 0 Å². The van der Waals surface area contributed by atoms with Gasteiger partial charge in [0.2, 0.25) is 0 Å². The lowest BCUT2D eigenvalue weighted by Gasteiger charge is -2.15. The molecule has 0 spiro atoms. The number of nitrogens with zero attached hydrogens (tertiary/aromatic N) is 2. The molecule has 0 saturated heterocycles. The number of hydrogen-bond acceptors (Lipinski definition) is 6. The fourth-order valence-corrected chi connectivity index (χ4v) is 1.83. The maximum absolute atomic E-state index is 5.80. The summed E-state index contributed by atoms with van der Waals surface area (Å²) in [5.74, 6) is 1.18. The summed E-state index contributed by atoms with van der Waals surface area (Å²) in [6.07, 6.45) is 3.39. The lowest BCUT2D eigenvalue weighted by Crippen LogP contribution is -2.10. The topological polar surface area (TPSA) is 62.7 Å². The van der Waals surface area contributed by atoms with Gasteiger partial charge in [-0.05, 0) is 12.1 Å². The molecule has 0 aliphatic carbocycles. The highest BCUT2D eigenvalue weighted by atomic mass is 16.5. The molecule has 0 bridgehead atoms. The molecule has 0 fully saturated rings. The summed E-state index contributed by atoms with van der Waals surface area (Å²) in [6, 6.07) is 7.41. The third kappa shape index (κ3) is 4.41. The Labute approximate surface area is 130 Å². The Morgan fingerprint density at radius 1 is 0.818 bits per heavy atom. The van der Waals surface area contributed by atoms with E-state index in [2.05, 4.69) is 9.97 Å². The van der Waals surface area contributed by atoms with Crippen LogP contribution in [0, 0.1) is 0 Å². The van der Waals surface area contributed by atoms with Crippen molar-refractivity contribution < 1.29 is 18.9 Å². The molecule has 6 heteroatoms. The molecule has 0 aromatic carbocycles. The van der Waals surface area contributed by atoms with Crippen molar-refractivity contribution in [3.05, 3.63) is 36.7 Å². The molecule has 2 rings (SSSR count). The van der Waals surface area contributed by atoms with Crippen molar-refractivity contribution >= 4 is 0 Å². The quantitative estimate of drug-likeness (QED) is 0.662. The van der Waals surface area contributed by atoms with Crippen LogP contribution in [-0.4, -0.2) is 50.6 Å². The normalized spacial score (nSPS) is 10.5. The maximum Gasteiger partial charge on any atom is 0.189 e. The molecule has 0 amide bonds. The second kappa shape index (κ2) is 8.96. The fraction of sp³-hybridized carbons (Fsp3) is 0.375. The Kier molecular flexibility index (Phi) is 6.60. The van der Waals surface area contributed by atoms with Crippen LogP contribution in [0.3, 0.4) is 0 Å². The van der Waals surface area contributed by atoms with Crippen molar-refractivity contribution in [1.82, 2.24) is 9.97 Å². The molecular formula is C16H20N2O4. The first-order valence-corrected chi connectivity index (χ1v) is 7.00. The van der Waals surface area contributed by atoms with Gasteiger partial charge in [-0.1, -0.05) is 6.07 Å². The smallest absolute Gasteiger partial charge is 0.189 e. The van der Waals surface area contributed by atoms with Crippen molar-refractivity contribution in [3.63, 3.8) is 0 Å². The molecule has 118 valence electrons. The lowest BCUT2D eigenvalue weighted by atomic mass is 10.2. The highest BCUT2D eigenvalue weighted by Crippen LogP contribution is 2.35. The van der Waals surface area contributed by atoms with Gasteiger partial charge in [-0.2, -0.15) is 0 Å². The predicted octanol–water partition coefficient (Wildman–Crippen LogP) is 2.19. The van der Waals surface area contributed by atoms with Gasteiger partial charge in [0.25, 0.3) is 0 Å². The number of rotatable bonds is 9. The van der Waals surface area contributed by atoms with Gasteiger partial charge in [0, 0.05) is 32.7 Å². The van der Waals surface area contributed by atoms with Crippen LogP contribution in [0.4, 0.5) is 0 Å². The van der Waals surface area contributed by atoms with E-state index in [1.807, 2.05) is 18.2 Å². The summed E-state index contributed by atoms with van der Waals surface area (Å²) in [6.45, 7) is 1.82. The number of methoxy groups -OCH3 is 2. The maximum atomic E-state index is 5.80. The predicted molar refractivity (Wildman–Crippen MR) is 82.2 cm³/mol. The number of ether oxygens (including phenoxy) is 4. The minimum absolute atomic E-state index is 0.405. The number of aromatic nitrogens is 2. The Balaban J connectivity index is 2.28. The van der Waals surface area contributed by atoms with Gasteiger partial charge in [0.15, 0.2) is 11.5 Å². The summed E-state index contributed by atoms with van der Waals surface area (Å²) in [5.41, 5.74) is 1.37. The van der Waals surface area contributed by atoms with E-state index in [9.17, 15) is 0 Å². The zero-order valence-corrected chi connectivity index (χ0v) is 12.8. The van der Waals surface area contributed by atoms with Crippen LogP contribution < -0.4 is 9.47 Å². The summed E-state index contributed by atoms with van der Waals surface area (Å²) >= 11 is 0. The van der Waals surface area contributed by atoms with Crippen molar-refractivity contribution in [3.8, 4) is 22.9 Å². The Morgan fingerprint density at radius 2 is 1.59 bits per heavy atom. The van der Waals surface area contributed by atoms with E-state index < -0.39 is 0 Å². The molecule has 2 heterocycles. The zero-order valence-electron chi connectivity index (χ0n) is 12.8. The van der Waals surface area contributed by atoms with Gasteiger partial charge in [-0.25, -0.2) is 0 Å². The lowest BCUT2D eigenvalue weighted by molar-refractivity contribution is 0.132. The SMILES string of the molecule is COCCOc1ccnc(-c2ccccn2)c1OCCOC. The average Bonchev–Trinajstić information content (AvgIpc) is 2.57. The highest BCUT2D eigenvalue weighted by molar-refractivity contribution is 5.66. The summed E-state index contributed by atoms with van der Waals surface area (Å²) in [5, 5.41) is 0. The molecule has 22 heavy (non-hydrogen) atoms. The van der Waals surface area contributed by atoms with Crippen LogP contribution in [0.2, 0.25) is 0 Å². The van der Waals surface area contributed by atoms with Gasteiger partial charge >= 0.3 is 0 Å². The second-order valence-electron chi connectivity index (χ2n) is 4.38. The standard InChI is InChI=1S/C16H20N2O4/c1-19-9-11-21-14-6-8-18-15(13-5-3-4-7-17-13)16(14)22-12-10-20-2/h3-8H,9-12H2,1-2H3. The van der Waals surface area contributed by atoms with Crippen molar-refractivity contribution in [1.29, 1.82) is 0 Å². The van der Waals surface area contributed by atoms with Crippen LogP contribution in [-0.2, 0) is 9.47 Å². The molecule has 6 nitrogen and oxygen atoms in total. The Hall–Kier alpha value is -2.18. The largest absolute Gasteiger partial charge is 0.487 e. The highest BCUT2D eigenvalue weighted by Gasteiger charge is 2.15. The van der Waals surface area contributed by atoms with Crippen LogP contribution in [0.15, 0.2) is 36.7 Å². The molecule has 2 aromatic rings. The van der Waals surface area contributed by atoms with E-state index in [1.54, 1.807) is 32.7 Å². The molecule has 0 aliphatic rings. The second-order valence-corrected chi connectivity index (χ2v) is 4.38. The summed E-state index contributed by atoms with van der Waals surface area (Å²) in [7, 11) is 3.26. The van der Waals surface area contributed by atoms with Crippen LogP contribution in [0.5, 0.6) is 11.5 Å². The van der Waals surface area contributed by atoms with Crippen LogP contribution in [0.1, 0.15) is 0 Å². The molecular weight excluding hydrogens is 284 g/mol. The molecule has 0 atom stereocenters. The first kappa shape index (κ1) is 16.2. The van der Waals surface area contributed by atoms with Crippen molar-refractivity contribution in [2.45, 2.75) is 0 Å². The van der Waals surface area contributed by atoms with Crippen molar-refractivity contribution in [2.75, 3.05) is 40.6 Å². The van der Waals surface area contributed by atoms with Gasteiger partial charge in [-0.15, -0.1) is 0 Å². The van der Waals surface area contributed by atoms with E-state index in [0.29, 0.717) is 43.6 Å². The first-order valence-electron chi connectivity index (χ1n) is 7.00. The van der Waals surface area contributed by atoms with Crippen LogP contribution >= 0.6 is 0 Å². The molecule has 0 radical (unpaired) electrons. The molecule has 0 N–H and O–H groups in total. The van der Waals surface area contributed by atoms with Gasteiger partial charge in [0.1, 0.15) is 18.9 Å². The fourth-order valence-electron chi connectivity index (χ4n) is 1.83. The van der Waals surface area contributed by atoms with E-state index in [4.69, 9.17) is 18.9 Å². The molecule has 0 unspecified atom stereocenters. The Bertz CT molecular complexity index is 563. The molecule has 2 aromatic heterocycles. The zero-order chi connectivity index (χ0) is 15.6. The van der Waals surface area contributed by atoms with E-state index in [0.717, 1.165) is 5.69 Å². The minimum Gasteiger partial charge on any atom is -0.487 e. The third-order valence-electron chi connectivity index (χ3n) is 2.85. The summed E-state index contributed by atoms with van der Waals surface area (Å²) < 4.78 is 21.5. The van der Waals surface area contributed by atoms with Gasteiger partial charge in [0.05, 0.1) is 18.9 Å². The monoisotopic (exact) mass is 304 g/mol. The van der Waals surface area contributed by atoms with Gasteiger partial charge < -0.3 is 18.9 Å². The minimum atomic E-state index is 0.405. The van der Waals surface area contributed by atoms with Gasteiger partial charge in [-0.3, -0.25) is 9.97 Å².